The molecular weight excluding hydrogens is 142 g/mol. The molecule has 0 radical (unpaired) electrons. The molecule has 1 rings (SSSR count). The monoisotopic (exact) mass is 159 g/mol. The largest absolute Gasteiger partial charge is 0.314 e. The highest BCUT2D eigenvalue weighted by Gasteiger charge is 2.12. The number of rotatable bonds is 4. The Hall–Kier alpha value is 0.310. The van der Waals surface area contributed by atoms with Gasteiger partial charge in [-0.25, -0.2) is 0 Å². The van der Waals surface area contributed by atoms with Crippen LogP contribution >= 0.6 is 11.8 Å². The Bertz CT molecular complexity index is 79.3. The molecule has 60 valence electrons. The fourth-order valence-corrected chi connectivity index (χ4v) is 1.93. The maximum Gasteiger partial charge on any atom is 0.00678 e. The quantitative estimate of drug-likeness (QED) is 0.629. The average molecular weight is 159 g/mol. The van der Waals surface area contributed by atoms with E-state index in [-0.39, 0.29) is 0 Å². The van der Waals surface area contributed by atoms with Crippen LogP contribution in [0, 0.1) is 0 Å². The van der Waals surface area contributed by atoms with E-state index in [1.165, 1.54) is 38.0 Å². The Morgan fingerprint density at radius 3 is 3.10 bits per heavy atom. The lowest BCUT2D eigenvalue weighted by Crippen LogP contribution is -2.20. The maximum atomic E-state index is 3.51. The van der Waals surface area contributed by atoms with E-state index in [0.29, 0.717) is 0 Å². The second kappa shape index (κ2) is 5.03. The van der Waals surface area contributed by atoms with E-state index < -0.39 is 0 Å². The second-order valence-corrected chi connectivity index (χ2v) is 3.91. The molecule has 0 aromatic heterocycles. The van der Waals surface area contributed by atoms with Crippen molar-refractivity contribution in [3.63, 3.8) is 0 Å². The van der Waals surface area contributed by atoms with Gasteiger partial charge in [0, 0.05) is 6.04 Å². The van der Waals surface area contributed by atoms with Gasteiger partial charge in [-0.2, -0.15) is 11.8 Å². The second-order valence-electron chi connectivity index (χ2n) is 2.93. The first-order valence-electron chi connectivity index (χ1n) is 4.16. The molecule has 0 aromatic rings. The van der Waals surface area contributed by atoms with Crippen molar-refractivity contribution in [2.24, 2.45) is 0 Å². The Kier molecular flexibility index (Phi) is 4.23. The van der Waals surface area contributed by atoms with Crippen molar-refractivity contribution in [2.75, 3.05) is 18.6 Å². The van der Waals surface area contributed by atoms with Gasteiger partial charge in [-0.3, -0.25) is 0 Å². The number of thioether (sulfide) groups is 1. The van der Waals surface area contributed by atoms with Crippen molar-refractivity contribution in [2.45, 2.75) is 31.7 Å². The first-order chi connectivity index (χ1) is 4.93. The molecule has 0 saturated carbocycles. The van der Waals surface area contributed by atoms with Crippen LogP contribution in [-0.2, 0) is 0 Å². The van der Waals surface area contributed by atoms with E-state index >= 15 is 0 Å². The molecule has 1 aliphatic heterocycles. The van der Waals surface area contributed by atoms with Crippen LogP contribution in [0.2, 0.25) is 0 Å². The first-order valence-corrected chi connectivity index (χ1v) is 5.55. The third-order valence-corrected chi connectivity index (χ3v) is 2.76. The molecule has 1 fully saturated rings. The molecule has 1 N–H and O–H groups in total. The molecule has 0 bridgehead atoms. The molecule has 0 amide bonds. The molecular formula is C8H17NS. The summed E-state index contributed by atoms with van der Waals surface area (Å²) in [5.41, 5.74) is 0. The highest BCUT2D eigenvalue weighted by molar-refractivity contribution is 7.98. The van der Waals surface area contributed by atoms with Crippen LogP contribution < -0.4 is 5.32 Å². The van der Waals surface area contributed by atoms with Gasteiger partial charge in [0.1, 0.15) is 0 Å². The average Bonchev–Trinajstić information content (AvgIpc) is 2.41. The molecule has 0 aliphatic carbocycles. The van der Waals surface area contributed by atoms with Crippen molar-refractivity contribution >= 4 is 11.8 Å². The summed E-state index contributed by atoms with van der Waals surface area (Å²) in [4.78, 5) is 0. The van der Waals surface area contributed by atoms with E-state index in [4.69, 9.17) is 0 Å². The van der Waals surface area contributed by atoms with Crippen molar-refractivity contribution in [1.29, 1.82) is 0 Å². The predicted molar refractivity (Wildman–Crippen MR) is 48.6 cm³/mol. The standard InChI is InChI=1S/C8H17NS/c1-10-7-3-5-8-4-2-6-9-8/h8-9H,2-7H2,1H3. The molecule has 2 heteroatoms. The van der Waals surface area contributed by atoms with Gasteiger partial charge >= 0.3 is 0 Å². The van der Waals surface area contributed by atoms with Gasteiger partial charge in [0.2, 0.25) is 0 Å². The van der Waals surface area contributed by atoms with Gasteiger partial charge in [0.25, 0.3) is 0 Å². The van der Waals surface area contributed by atoms with Crippen LogP contribution in [0.3, 0.4) is 0 Å². The minimum atomic E-state index is 0.854. The fraction of sp³-hybridized carbons (Fsp3) is 1.00. The zero-order valence-electron chi connectivity index (χ0n) is 6.73. The zero-order chi connectivity index (χ0) is 7.23. The van der Waals surface area contributed by atoms with Crippen LogP contribution in [0.5, 0.6) is 0 Å². The van der Waals surface area contributed by atoms with Crippen LogP contribution in [0.1, 0.15) is 25.7 Å². The molecule has 0 spiro atoms. The fourth-order valence-electron chi connectivity index (χ4n) is 1.48. The van der Waals surface area contributed by atoms with E-state index in [1.807, 2.05) is 11.8 Å². The number of nitrogens with one attached hydrogen (secondary N) is 1. The molecule has 1 heterocycles. The summed E-state index contributed by atoms with van der Waals surface area (Å²) in [6.07, 6.45) is 7.76. The van der Waals surface area contributed by atoms with Crippen molar-refractivity contribution < 1.29 is 0 Å². The molecule has 1 unspecified atom stereocenters. The summed E-state index contributed by atoms with van der Waals surface area (Å²) in [5, 5.41) is 3.51. The maximum absolute atomic E-state index is 3.51. The summed E-state index contributed by atoms with van der Waals surface area (Å²) in [6, 6.07) is 0.854. The Balaban J connectivity index is 1.91. The molecule has 1 atom stereocenters. The van der Waals surface area contributed by atoms with E-state index in [1.54, 1.807) is 0 Å². The van der Waals surface area contributed by atoms with Gasteiger partial charge in [-0.05, 0) is 44.2 Å². The Labute approximate surface area is 68.0 Å². The minimum Gasteiger partial charge on any atom is -0.314 e. The molecule has 1 nitrogen and oxygen atoms in total. The predicted octanol–water partition coefficient (Wildman–Crippen LogP) is 1.88. The van der Waals surface area contributed by atoms with Gasteiger partial charge in [-0.1, -0.05) is 0 Å². The molecule has 0 aromatic carbocycles. The van der Waals surface area contributed by atoms with Crippen LogP contribution in [-0.4, -0.2) is 24.6 Å². The smallest absolute Gasteiger partial charge is 0.00678 e. The molecule has 10 heavy (non-hydrogen) atoms. The lowest BCUT2D eigenvalue weighted by atomic mass is 10.1. The minimum absolute atomic E-state index is 0.854. The summed E-state index contributed by atoms with van der Waals surface area (Å²) in [7, 11) is 0. The summed E-state index contributed by atoms with van der Waals surface area (Å²) in [5.74, 6) is 1.33. The molecule has 1 aliphatic rings. The van der Waals surface area contributed by atoms with E-state index in [0.717, 1.165) is 6.04 Å². The lowest BCUT2D eigenvalue weighted by molar-refractivity contribution is 0.554. The normalized spacial score (nSPS) is 25.5. The third kappa shape index (κ3) is 2.93. The van der Waals surface area contributed by atoms with Crippen LogP contribution in [0.25, 0.3) is 0 Å². The van der Waals surface area contributed by atoms with Gasteiger partial charge in [0.15, 0.2) is 0 Å². The van der Waals surface area contributed by atoms with Crippen molar-refractivity contribution in [3.8, 4) is 0 Å². The van der Waals surface area contributed by atoms with Gasteiger partial charge < -0.3 is 5.32 Å². The Morgan fingerprint density at radius 1 is 1.60 bits per heavy atom. The summed E-state index contributed by atoms with van der Waals surface area (Å²) >= 11 is 1.96. The number of hydrogen-bond donors (Lipinski definition) is 1. The summed E-state index contributed by atoms with van der Waals surface area (Å²) in [6.45, 7) is 1.25. The van der Waals surface area contributed by atoms with Crippen molar-refractivity contribution in [3.05, 3.63) is 0 Å². The van der Waals surface area contributed by atoms with Crippen LogP contribution in [0.4, 0.5) is 0 Å². The Morgan fingerprint density at radius 2 is 2.50 bits per heavy atom. The zero-order valence-corrected chi connectivity index (χ0v) is 7.54. The van der Waals surface area contributed by atoms with Crippen molar-refractivity contribution in [1.82, 2.24) is 5.32 Å². The topological polar surface area (TPSA) is 12.0 Å². The SMILES string of the molecule is CSCCCC1CCCN1. The lowest BCUT2D eigenvalue weighted by Gasteiger charge is -2.07. The third-order valence-electron chi connectivity index (χ3n) is 2.06. The number of hydrogen-bond acceptors (Lipinski definition) is 2. The van der Waals surface area contributed by atoms with E-state index in [2.05, 4.69) is 11.6 Å². The highest BCUT2D eigenvalue weighted by Crippen LogP contribution is 2.11. The molecule has 1 saturated heterocycles. The van der Waals surface area contributed by atoms with Crippen LogP contribution in [0.15, 0.2) is 0 Å². The van der Waals surface area contributed by atoms with Gasteiger partial charge in [0.05, 0.1) is 0 Å². The summed E-state index contributed by atoms with van der Waals surface area (Å²) < 4.78 is 0. The van der Waals surface area contributed by atoms with E-state index in [9.17, 15) is 0 Å². The first kappa shape index (κ1) is 8.41. The van der Waals surface area contributed by atoms with Gasteiger partial charge in [-0.15, -0.1) is 0 Å². The highest BCUT2D eigenvalue weighted by atomic mass is 32.2.